The van der Waals surface area contributed by atoms with Gasteiger partial charge in [-0.1, -0.05) is 60.1 Å². The fraction of sp³-hybridized carbons (Fsp3) is 0.333. The van der Waals surface area contributed by atoms with Crippen molar-refractivity contribution in [1.82, 2.24) is 0 Å². The first-order valence-electron chi connectivity index (χ1n) is 7.27. The molecule has 0 heterocycles. The Morgan fingerprint density at radius 3 is 2.24 bits per heavy atom. The molecule has 1 N–H and O–H groups in total. The predicted molar refractivity (Wildman–Crippen MR) is 96.1 cm³/mol. The monoisotopic (exact) mass is 346 g/mol. The van der Waals surface area contributed by atoms with Crippen LogP contribution < -0.4 is 10.2 Å². The van der Waals surface area contributed by atoms with Crippen molar-refractivity contribution < 1.29 is 0 Å². The van der Waals surface area contributed by atoms with Gasteiger partial charge in [-0.25, -0.2) is 0 Å². The summed E-state index contributed by atoms with van der Waals surface area (Å²) in [5.41, 5.74) is 3.66. The summed E-state index contributed by atoms with van der Waals surface area (Å²) < 4.78 is 1.09. The molecule has 1 unspecified atom stereocenters. The summed E-state index contributed by atoms with van der Waals surface area (Å²) in [6.07, 6.45) is 0. The molecule has 2 nitrogen and oxygen atoms in total. The van der Waals surface area contributed by atoms with E-state index in [1.165, 1.54) is 11.3 Å². The number of rotatable bonds is 5. The van der Waals surface area contributed by atoms with E-state index in [4.69, 9.17) is 0 Å². The molecule has 0 fully saturated rings. The van der Waals surface area contributed by atoms with Crippen molar-refractivity contribution in [3.8, 4) is 0 Å². The highest BCUT2D eigenvalue weighted by atomic mass is 79.9. The summed E-state index contributed by atoms with van der Waals surface area (Å²) in [6.45, 7) is 4.50. The normalized spacial score (nSPS) is 12.3. The summed E-state index contributed by atoms with van der Waals surface area (Å²) >= 11 is 3.57. The van der Waals surface area contributed by atoms with Crippen LogP contribution in [0.15, 0.2) is 53.0 Å². The second-order valence-corrected chi connectivity index (χ2v) is 6.75. The first-order chi connectivity index (χ1) is 9.99. The molecular weight excluding hydrogens is 324 g/mol. The maximum Gasteiger partial charge on any atom is 0.0597 e. The summed E-state index contributed by atoms with van der Waals surface area (Å²) in [5.74, 6) is 0.501. The van der Waals surface area contributed by atoms with Crippen LogP contribution in [0, 0.1) is 5.92 Å². The predicted octanol–water partition coefficient (Wildman–Crippen LogP) is 5.32. The van der Waals surface area contributed by atoms with E-state index in [1.54, 1.807) is 0 Å². The molecule has 21 heavy (non-hydrogen) atoms. The zero-order valence-corrected chi connectivity index (χ0v) is 14.7. The van der Waals surface area contributed by atoms with Crippen molar-refractivity contribution in [1.29, 1.82) is 0 Å². The number of hydrogen-bond donors (Lipinski definition) is 1. The minimum absolute atomic E-state index is 0.291. The molecule has 2 aromatic rings. The first kappa shape index (κ1) is 15.9. The summed E-state index contributed by atoms with van der Waals surface area (Å²) in [6, 6.07) is 17.3. The van der Waals surface area contributed by atoms with Gasteiger partial charge in [0.05, 0.1) is 17.4 Å². The maximum absolute atomic E-state index is 3.71. The summed E-state index contributed by atoms with van der Waals surface area (Å²) in [7, 11) is 4.14. The van der Waals surface area contributed by atoms with Crippen LogP contribution in [0.3, 0.4) is 0 Å². The number of benzene rings is 2. The van der Waals surface area contributed by atoms with Gasteiger partial charge in [0.15, 0.2) is 0 Å². The van der Waals surface area contributed by atoms with Gasteiger partial charge in [-0.05, 0) is 29.7 Å². The van der Waals surface area contributed by atoms with Crippen LogP contribution in [-0.2, 0) is 0 Å². The molecule has 0 saturated carbocycles. The Morgan fingerprint density at radius 1 is 1.00 bits per heavy atom. The van der Waals surface area contributed by atoms with E-state index in [0.29, 0.717) is 12.0 Å². The summed E-state index contributed by atoms with van der Waals surface area (Å²) in [5, 5.41) is 3.71. The lowest BCUT2D eigenvalue weighted by molar-refractivity contribution is 0.546. The minimum Gasteiger partial charge on any atom is -0.376 e. The molecule has 2 rings (SSSR count). The molecule has 112 valence electrons. The summed E-state index contributed by atoms with van der Waals surface area (Å²) in [4.78, 5) is 2.14. The molecular formula is C18H23BrN2. The van der Waals surface area contributed by atoms with Gasteiger partial charge >= 0.3 is 0 Å². The Hall–Kier alpha value is -1.48. The fourth-order valence-electron chi connectivity index (χ4n) is 2.48. The maximum atomic E-state index is 3.71. The second-order valence-electron chi connectivity index (χ2n) is 5.83. The van der Waals surface area contributed by atoms with Crippen molar-refractivity contribution in [2.24, 2.45) is 5.92 Å². The molecule has 0 aliphatic rings. The lowest BCUT2D eigenvalue weighted by Crippen LogP contribution is -2.19. The quantitative estimate of drug-likeness (QED) is 0.787. The number of nitrogens with zero attached hydrogens (tertiary/aromatic N) is 1. The van der Waals surface area contributed by atoms with Gasteiger partial charge in [-0.3, -0.25) is 0 Å². The van der Waals surface area contributed by atoms with Gasteiger partial charge in [0.2, 0.25) is 0 Å². The van der Waals surface area contributed by atoms with E-state index < -0.39 is 0 Å². The van der Waals surface area contributed by atoms with Crippen LogP contribution in [0.4, 0.5) is 11.4 Å². The van der Waals surface area contributed by atoms with Gasteiger partial charge in [-0.2, -0.15) is 0 Å². The molecule has 0 aromatic heterocycles. The standard InChI is InChI=1S/C18H23BrN2/c1-13(2)18(14-8-6-5-7-9-14)20-16-12-15(19)10-11-17(16)21(3)4/h5-13,18,20H,1-4H3. The van der Waals surface area contributed by atoms with Crippen LogP contribution in [0.25, 0.3) is 0 Å². The van der Waals surface area contributed by atoms with Crippen molar-refractivity contribution in [2.45, 2.75) is 19.9 Å². The van der Waals surface area contributed by atoms with Gasteiger partial charge in [-0.15, -0.1) is 0 Å². The molecule has 0 spiro atoms. The van der Waals surface area contributed by atoms with Crippen LogP contribution in [-0.4, -0.2) is 14.1 Å². The van der Waals surface area contributed by atoms with Crippen molar-refractivity contribution >= 4 is 27.3 Å². The molecule has 0 aliphatic heterocycles. The van der Waals surface area contributed by atoms with Crippen molar-refractivity contribution in [3.05, 3.63) is 58.6 Å². The van der Waals surface area contributed by atoms with Crippen LogP contribution in [0.5, 0.6) is 0 Å². The van der Waals surface area contributed by atoms with Crippen LogP contribution in [0.2, 0.25) is 0 Å². The van der Waals surface area contributed by atoms with Gasteiger partial charge in [0, 0.05) is 18.6 Å². The Labute approximate surface area is 136 Å². The van der Waals surface area contributed by atoms with E-state index in [0.717, 1.165) is 10.2 Å². The van der Waals surface area contributed by atoms with Crippen LogP contribution in [0.1, 0.15) is 25.5 Å². The lowest BCUT2D eigenvalue weighted by Gasteiger charge is -2.27. The molecule has 0 radical (unpaired) electrons. The zero-order chi connectivity index (χ0) is 15.4. The topological polar surface area (TPSA) is 15.3 Å². The highest BCUT2D eigenvalue weighted by Gasteiger charge is 2.17. The fourth-order valence-corrected chi connectivity index (χ4v) is 2.84. The average Bonchev–Trinajstić information content (AvgIpc) is 2.45. The van der Waals surface area contributed by atoms with Gasteiger partial charge in [0.25, 0.3) is 0 Å². The molecule has 0 amide bonds. The van der Waals surface area contributed by atoms with Gasteiger partial charge in [0.1, 0.15) is 0 Å². The molecule has 2 aromatic carbocycles. The van der Waals surface area contributed by atoms with E-state index >= 15 is 0 Å². The Kier molecular flexibility index (Phi) is 5.29. The highest BCUT2D eigenvalue weighted by Crippen LogP contribution is 2.33. The Balaban J connectivity index is 2.36. The Bertz CT molecular complexity index is 579. The molecule has 0 saturated heterocycles. The average molecular weight is 347 g/mol. The molecule has 1 atom stereocenters. The molecule has 3 heteroatoms. The minimum atomic E-state index is 0.291. The highest BCUT2D eigenvalue weighted by molar-refractivity contribution is 9.10. The van der Waals surface area contributed by atoms with E-state index in [1.807, 2.05) is 0 Å². The van der Waals surface area contributed by atoms with E-state index in [9.17, 15) is 0 Å². The second kappa shape index (κ2) is 6.99. The lowest BCUT2D eigenvalue weighted by atomic mass is 9.95. The third-order valence-corrected chi connectivity index (χ3v) is 4.07. The largest absolute Gasteiger partial charge is 0.376 e. The van der Waals surface area contributed by atoms with Crippen LogP contribution >= 0.6 is 15.9 Å². The molecule has 0 bridgehead atoms. The van der Waals surface area contributed by atoms with E-state index in [-0.39, 0.29) is 0 Å². The molecule has 0 aliphatic carbocycles. The SMILES string of the molecule is CC(C)C(Nc1cc(Br)ccc1N(C)C)c1ccccc1. The number of nitrogens with one attached hydrogen (secondary N) is 1. The first-order valence-corrected chi connectivity index (χ1v) is 8.06. The Morgan fingerprint density at radius 2 is 1.67 bits per heavy atom. The van der Waals surface area contributed by atoms with Crippen molar-refractivity contribution in [2.75, 3.05) is 24.3 Å². The zero-order valence-electron chi connectivity index (χ0n) is 13.1. The third-order valence-electron chi connectivity index (χ3n) is 3.58. The number of halogens is 1. The number of anilines is 2. The van der Waals surface area contributed by atoms with Crippen molar-refractivity contribution in [3.63, 3.8) is 0 Å². The smallest absolute Gasteiger partial charge is 0.0597 e. The van der Waals surface area contributed by atoms with Gasteiger partial charge < -0.3 is 10.2 Å². The van der Waals surface area contributed by atoms with E-state index in [2.05, 4.69) is 103 Å². The third kappa shape index (κ3) is 4.01. The number of hydrogen-bond acceptors (Lipinski definition) is 2.